The molecule has 0 unspecified atom stereocenters. The van der Waals surface area contributed by atoms with Crippen LogP contribution in [0.5, 0.6) is 0 Å². The largest absolute Gasteiger partial charge is 0.328 e. The van der Waals surface area contributed by atoms with Gasteiger partial charge in [-0.2, -0.15) is 0 Å². The number of hydrogen-bond donors (Lipinski definition) is 2. The molecule has 0 radical (unpaired) electrons. The molecule has 1 rings (SSSR count). The molecule has 0 aliphatic carbocycles. The van der Waals surface area contributed by atoms with Crippen LogP contribution < -0.4 is 17.0 Å². The van der Waals surface area contributed by atoms with Crippen LogP contribution in [0.1, 0.15) is 32.7 Å². The molecule has 1 aromatic heterocycles. The Balaban J connectivity index is 2.55. The minimum Gasteiger partial charge on any atom is -0.299 e. The number of hydrogen-bond acceptors (Lipinski definition) is 3. The Labute approximate surface area is 94.0 Å². The van der Waals surface area contributed by atoms with Gasteiger partial charge in [0.1, 0.15) is 0 Å². The molecule has 16 heavy (non-hydrogen) atoms. The van der Waals surface area contributed by atoms with Gasteiger partial charge in [0.15, 0.2) is 0 Å². The van der Waals surface area contributed by atoms with Crippen LogP contribution in [0.2, 0.25) is 0 Å². The molecule has 0 aliphatic heterocycles. The smallest absolute Gasteiger partial charge is 0.299 e. The van der Waals surface area contributed by atoms with E-state index in [-0.39, 0.29) is 17.6 Å². The monoisotopic (exact) mass is 226 g/mol. The molecule has 0 bridgehead atoms. The summed E-state index contributed by atoms with van der Waals surface area (Å²) in [6, 6.07) is 0.154. The van der Waals surface area contributed by atoms with Gasteiger partial charge in [0.25, 0.3) is 0 Å². The lowest BCUT2D eigenvalue weighted by atomic mass is 10.3. The van der Waals surface area contributed by atoms with Gasteiger partial charge < -0.3 is 0 Å². The van der Waals surface area contributed by atoms with Crippen LogP contribution in [0.15, 0.2) is 17.2 Å². The van der Waals surface area contributed by atoms with E-state index in [4.69, 9.17) is 5.84 Å². The van der Waals surface area contributed by atoms with Gasteiger partial charge in [-0.05, 0) is 20.3 Å². The average molecular weight is 226 g/mol. The first-order chi connectivity index (χ1) is 7.56. The summed E-state index contributed by atoms with van der Waals surface area (Å²) in [5.74, 6) is 4.74. The van der Waals surface area contributed by atoms with Crippen LogP contribution in [0.3, 0.4) is 0 Å². The van der Waals surface area contributed by atoms with E-state index >= 15 is 0 Å². The van der Waals surface area contributed by atoms with Crippen LogP contribution in [0, 0.1) is 0 Å². The normalized spacial score (nSPS) is 10.8. The first-order valence-electron chi connectivity index (χ1n) is 5.33. The van der Waals surface area contributed by atoms with Gasteiger partial charge in [-0.1, -0.05) is 0 Å². The molecule has 0 saturated heterocycles. The van der Waals surface area contributed by atoms with Crippen molar-refractivity contribution in [1.82, 2.24) is 14.6 Å². The minimum absolute atomic E-state index is 0.0387. The highest BCUT2D eigenvalue weighted by atomic mass is 16.2. The van der Waals surface area contributed by atoms with E-state index in [2.05, 4.69) is 5.43 Å². The predicted molar refractivity (Wildman–Crippen MR) is 60.6 cm³/mol. The second-order valence-electron chi connectivity index (χ2n) is 3.95. The summed E-state index contributed by atoms with van der Waals surface area (Å²) in [6.07, 6.45) is 4.43. The molecule has 6 heteroatoms. The molecule has 1 heterocycles. The van der Waals surface area contributed by atoms with E-state index in [0.717, 1.165) is 0 Å². The van der Waals surface area contributed by atoms with Crippen LogP contribution in [0.25, 0.3) is 0 Å². The molecule has 0 aromatic carbocycles. The number of aryl methyl sites for hydroxylation is 1. The third-order valence-electron chi connectivity index (χ3n) is 2.39. The van der Waals surface area contributed by atoms with Gasteiger partial charge in [0.05, 0.1) is 0 Å². The second-order valence-corrected chi connectivity index (χ2v) is 3.95. The highest BCUT2D eigenvalue weighted by molar-refractivity contribution is 5.74. The van der Waals surface area contributed by atoms with Crippen molar-refractivity contribution in [3.05, 3.63) is 22.9 Å². The summed E-state index contributed by atoms with van der Waals surface area (Å²) in [5, 5.41) is 0. The number of imidazole rings is 1. The fourth-order valence-electron chi connectivity index (χ4n) is 1.47. The maximum Gasteiger partial charge on any atom is 0.328 e. The lowest BCUT2D eigenvalue weighted by Crippen LogP contribution is -2.30. The van der Waals surface area contributed by atoms with Gasteiger partial charge in [-0.25, -0.2) is 10.6 Å². The number of nitrogens with two attached hydrogens (primary N) is 1. The van der Waals surface area contributed by atoms with Crippen molar-refractivity contribution in [2.24, 2.45) is 5.84 Å². The fourth-order valence-corrected chi connectivity index (χ4v) is 1.47. The number of hydrazine groups is 1. The van der Waals surface area contributed by atoms with E-state index in [9.17, 15) is 9.59 Å². The molecule has 0 spiro atoms. The number of nitrogens with one attached hydrogen (secondary N) is 1. The number of aromatic nitrogens is 2. The van der Waals surface area contributed by atoms with Gasteiger partial charge in [0, 0.05) is 31.4 Å². The number of carbonyl (C=O) groups excluding carboxylic acids is 1. The summed E-state index contributed by atoms with van der Waals surface area (Å²) >= 11 is 0. The van der Waals surface area contributed by atoms with Crippen LogP contribution in [-0.2, 0) is 11.3 Å². The zero-order chi connectivity index (χ0) is 12.1. The highest BCUT2D eigenvalue weighted by Crippen LogP contribution is 2.00. The summed E-state index contributed by atoms with van der Waals surface area (Å²) in [7, 11) is 0. The Morgan fingerprint density at radius 3 is 2.69 bits per heavy atom. The predicted octanol–water partition coefficient (Wildman–Crippen LogP) is 0.000800. The van der Waals surface area contributed by atoms with E-state index in [1.807, 2.05) is 13.8 Å². The van der Waals surface area contributed by atoms with Crippen LogP contribution >= 0.6 is 0 Å². The van der Waals surface area contributed by atoms with E-state index in [1.54, 1.807) is 21.5 Å². The van der Waals surface area contributed by atoms with Gasteiger partial charge in [-0.15, -0.1) is 0 Å². The summed E-state index contributed by atoms with van der Waals surface area (Å²) in [6.45, 7) is 4.44. The molecule has 0 fully saturated rings. The van der Waals surface area contributed by atoms with Gasteiger partial charge >= 0.3 is 5.69 Å². The van der Waals surface area contributed by atoms with Gasteiger partial charge in [0.2, 0.25) is 5.91 Å². The molecular weight excluding hydrogens is 208 g/mol. The number of rotatable bonds is 5. The topological polar surface area (TPSA) is 82.1 Å². The van der Waals surface area contributed by atoms with Crippen molar-refractivity contribution < 1.29 is 4.79 Å². The lowest BCUT2D eigenvalue weighted by molar-refractivity contribution is -0.121. The molecule has 6 nitrogen and oxygen atoms in total. The van der Waals surface area contributed by atoms with Crippen molar-refractivity contribution in [1.29, 1.82) is 0 Å². The summed E-state index contributed by atoms with van der Waals surface area (Å²) in [4.78, 5) is 22.6. The minimum atomic E-state index is -0.212. The van der Waals surface area contributed by atoms with Crippen molar-refractivity contribution in [2.45, 2.75) is 39.3 Å². The molecule has 3 N–H and O–H groups in total. The van der Waals surface area contributed by atoms with E-state index < -0.39 is 0 Å². The fraction of sp³-hybridized carbons (Fsp3) is 0.600. The standard InChI is InChI=1S/C10H18N4O2/c1-8(2)14-7-6-13(10(14)16)5-3-4-9(15)12-11/h6-8H,3-5,11H2,1-2H3,(H,12,15). The third kappa shape index (κ3) is 2.96. The first-order valence-corrected chi connectivity index (χ1v) is 5.33. The van der Waals surface area contributed by atoms with Crippen molar-refractivity contribution in [2.75, 3.05) is 0 Å². The molecule has 1 amide bonds. The number of amides is 1. The van der Waals surface area contributed by atoms with Crippen LogP contribution in [0.4, 0.5) is 0 Å². The van der Waals surface area contributed by atoms with Crippen LogP contribution in [-0.4, -0.2) is 15.0 Å². The molecule has 0 saturated carbocycles. The Morgan fingerprint density at radius 2 is 2.19 bits per heavy atom. The molecule has 90 valence electrons. The number of carbonyl (C=O) groups is 1. The number of nitrogens with zero attached hydrogens (tertiary/aromatic N) is 2. The second kappa shape index (κ2) is 5.50. The Morgan fingerprint density at radius 1 is 1.50 bits per heavy atom. The summed E-state index contributed by atoms with van der Waals surface area (Å²) in [5.41, 5.74) is 2.02. The third-order valence-corrected chi connectivity index (χ3v) is 2.39. The van der Waals surface area contributed by atoms with Crippen molar-refractivity contribution >= 4 is 5.91 Å². The Kier molecular flexibility index (Phi) is 4.30. The Hall–Kier alpha value is -1.56. The molecule has 0 aliphatic rings. The molecular formula is C10H18N4O2. The summed E-state index contributed by atoms with van der Waals surface area (Å²) < 4.78 is 3.26. The van der Waals surface area contributed by atoms with Crippen molar-refractivity contribution in [3.8, 4) is 0 Å². The SMILES string of the molecule is CC(C)n1ccn(CCCC(=O)NN)c1=O. The zero-order valence-electron chi connectivity index (χ0n) is 9.64. The van der Waals surface area contributed by atoms with Crippen molar-refractivity contribution in [3.63, 3.8) is 0 Å². The molecule has 1 aromatic rings. The maximum atomic E-state index is 11.8. The van der Waals surface area contributed by atoms with Gasteiger partial charge in [-0.3, -0.25) is 19.4 Å². The zero-order valence-corrected chi connectivity index (χ0v) is 9.64. The van der Waals surface area contributed by atoms with E-state index in [0.29, 0.717) is 19.4 Å². The van der Waals surface area contributed by atoms with E-state index in [1.165, 1.54) is 0 Å². The Bertz CT molecular complexity index is 405. The average Bonchev–Trinajstić information content (AvgIpc) is 2.60. The lowest BCUT2D eigenvalue weighted by Gasteiger charge is -2.04. The maximum absolute atomic E-state index is 11.8. The first kappa shape index (κ1) is 12.5. The molecule has 0 atom stereocenters. The quantitative estimate of drug-likeness (QED) is 0.421. The highest BCUT2D eigenvalue weighted by Gasteiger charge is 2.06.